The molecule has 0 amide bonds. The molecule has 0 saturated heterocycles. The molecular weight excluding hydrogens is 556 g/mol. The van der Waals surface area contributed by atoms with Crippen LogP contribution in [-0.4, -0.2) is 37.0 Å². The van der Waals surface area contributed by atoms with Crippen LogP contribution >= 0.6 is 0 Å². The summed E-state index contributed by atoms with van der Waals surface area (Å²) in [5.74, 6) is -1.22. The summed E-state index contributed by atoms with van der Waals surface area (Å²) in [6, 6.07) is 24.5. The van der Waals surface area contributed by atoms with Crippen LogP contribution in [0.4, 0.5) is 0 Å². The van der Waals surface area contributed by atoms with Gasteiger partial charge in [0.25, 0.3) is 0 Å². The van der Waals surface area contributed by atoms with Crippen LogP contribution in [-0.2, 0) is 39.1 Å². The highest BCUT2D eigenvalue weighted by Crippen LogP contribution is 2.25. The molecule has 1 aromatic heterocycles. The van der Waals surface area contributed by atoms with E-state index in [1.165, 1.54) is 18.4 Å². The molecule has 3 aromatic carbocycles. The number of furan rings is 1. The Bertz CT molecular complexity index is 1620. The van der Waals surface area contributed by atoms with Gasteiger partial charge in [0.15, 0.2) is 5.78 Å². The molecule has 0 bridgehead atoms. The Kier molecular flexibility index (Phi) is 10.1. The van der Waals surface area contributed by atoms with Crippen LogP contribution < -0.4 is 9.46 Å². The van der Waals surface area contributed by atoms with E-state index in [4.69, 9.17) is 14.6 Å². The number of sulfonamides is 1. The molecule has 1 heterocycles. The molecule has 2 unspecified atom stereocenters. The first-order valence-corrected chi connectivity index (χ1v) is 14.9. The molecule has 0 aliphatic rings. The van der Waals surface area contributed by atoms with Crippen molar-refractivity contribution in [3.8, 4) is 5.75 Å². The SMILES string of the molecule is CCC(C(=N)C(=O)Cc1ccc(COc2ccccc2)cc1)c1cc(CC(NS(=O)(=O)c2ccccc2)C(=O)O)co1. The van der Waals surface area contributed by atoms with Crippen molar-refractivity contribution < 1.29 is 32.3 Å². The molecule has 0 radical (unpaired) electrons. The van der Waals surface area contributed by atoms with Gasteiger partial charge in [-0.1, -0.05) is 67.6 Å². The van der Waals surface area contributed by atoms with Gasteiger partial charge in [-0.25, -0.2) is 8.42 Å². The lowest BCUT2D eigenvalue weighted by atomic mass is 9.91. The Labute approximate surface area is 244 Å². The Morgan fingerprint density at radius 1 is 0.929 bits per heavy atom. The lowest BCUT2D eigenvalue weighted by Gasteiger charge is -2.14. The van der Waals surface area contributed by atoms with Gasteiger partial charge in [-0.3, -0.25) is 9.59 Å². The molecule has 0 saturated carbocycles. The van der Waals surface area contributed by atoms with Gasteiger partial charge in [-0.2, -0.15) is 4.72 Å². The molecule has 0 fully saturated rings. The Morgan fingerprint density at radius 3 is 2.17 bits per heavy atom. The van der Waals surface area contributed by atoms with E-state index in [-0.39, 0.29) is 29.2 Å². The number of para-hydroxylation sites is 1. The molecule has 218 valence electrons. The van der Waals surface area contributed by atoms with Crippen molar-refractivity contribution in [2.45, 2.75) is 49.6 Å². The summed E-state index contributed by atoms with van der Waals surface area (Å²) >= 11 is 0. The average Bonchev–Trinajstić information content (AvgIpc) is 3.45. The number of benzene rings is 3. The Balaban J connectivity index is 1.36. The zero-order valence-electron chi connectivity index (χ0n) is 23.0. The maximum atomic E-state index is 13.0. The van der Waals surface area contributed by atoms with Crippen LogP contribution in [0.25, 0.3) is 0 Å². The molecule has 0 aliphatic heterocycles. The molecule has 10 heteroatoms. The summed E-state index contributed by atoms with van der Waals surface area (Å²) in [4.78, 5) is 24.8. The average molecular weight is 589 g/mol. The van der Waals surface area contributed by atoms with E-state index in [2.05, 4.69) is 4.72 Å². The molecule has 4 rings (SSSR count). The molecule has 2 atom stereocenters. The number of Topliss-reactive ketones (excluding diaryl/α,β-unsaturated/α-hetero) is 1. The molecule has 9 nitrogen and oxygen atoms in total. The monoisotopic (exact) mass is 588 g/mol. The van der Waals surface area contributed by atoms with Crippen molar-refractivity contribution in [2.75, 3.05) is 0 Å². The first kappa shape index (κ1) is 30.4. The van der Waals surface area contributed by atoms with E-state index in [0.717, 1.165) is 16.9 Å². The number of hydrogen-bond acceptors (Lipinski definition) is 7. The third kappa shape index (κ3) is 8.02. The van der Waals surface area contributed by atoms with Crippen molar-refractivity contribution >= 4 is 27.5 Å². The van der Waals surface area contributed by atoms with Gasteiger partial charge in [0.1, 0.15) is 24.2 Å². The number of carboxylic acid groups (broad SMARTS) is 1. The number of ether oxygens (including phenoxy) is 1. The lowest BCUT2D eigenvalue weighted by Crippen LogP contribution is -2.42. The fourth-order valence-corrected chi connectivity index (χ4v) is 5.62. The van der Waals surface area contributed by atoms with Gasteiger partial charge < -0.3 is 19.7 Å². The maximum absolute atomic E-state index is 13.0. The largest absolute Gasteiger partial charge is 0.489 e. The molecular formula is C32H32N2O7S. The van der Waals surface area contributed by atoms with E-state index in [0.29, 0.717) is 24.4 Å². The van der Waals surface area contributed by atoms with Crippen molar-refractivity contribution in [1.82, 2.24) is 4.72 Å². The number of ketones is 1. The number of carbonyl (C=O) groups is 2. The molecule has 0 spiro atoms. The number of carboxylic acids is 1. The van der Waals surface area contributed by atoms with E-state index < -0.39 is 28.0 Å². The molecule has 4 aromatic rings. The van der Waals surface area contributed by atoms with E-state index in [1.54, 1.807) is 24.3 Å². The highest BCUT2D eigenvalue weighted by Gasteiger charge is 2.28. The fraction of sp³-hybridized carbons (Fsp3) is 0.219. The van der Waals surface area contributed by atoms with Gasteiger partial charge >= 0.3 is 5.97 Å². The molecule has 42 heavy (non-hydrogen) atoms. The first-order chi connectivity index (χ1) is 20.2. The number of aliphatic carboxylic acids is 1. The second-order valence-corrected chi connectivity index (χ2v) is 11.5. The smallest absolute Gasteiger partial charge is 0.322 e. The predicted molar refractivity (Wildman–Crippen MR) is 157 cm³/mol. The van der Waals surface area contributed by atoms with Gasteiger partial charge in [0, 0.05) is 12.8 Å². The highest BCUT2D eigenvalue weighted by molar-refractivity contribution is 7.89. The number of carbonyl (C=O) groups excluding carboxylic acids is 1. The fourth-order valence-electron chi connectivity index (χ4n) is 4.41. The normalized spacial score (nSPS) is 12.8. The van der Waals surface area contributed by atoms with Gasteiger partial charge in [-0.15, -0.1) is 0 Å². The lowest BCUT2D eigenvalue weighted by molar-refractivity contribution is -0.138. The Morgan fingerprint density at radius 2 is 1.55 bits per heavy atom. The summed E-state index contributed by atoms with van der Waals surface area (Å²) in [5.41, 5.74) is 2.03. The standard InChI is InChI=1S/C32H32N2O7S/c1-2-27(31(33)29(35)18-22-13-15-23(16-14-22)20-40-25-9-5-3-6-10-25)30-19-24(21-41-30)17-28(32(36)37)34-42(38,39)26-11-7-4-8-12-26/h3-16,19,21,27-28,33-34H,2,17-18,20H2,1H3,(H,36,37). The molecule has 3 N–H and O–H groups in total. The van der Waals surface area contributed by atoms with E-state index >= 15 is 0 Å². The summed E-state index contributed by atoms with van der Waals surface area (Å²) in [5, 5.41) is 18.2. The summed E-state index contributed by atoms with van der Waals surface area (Å²) in [6.07, 6.45) is 1.61. The van der Waals surface area contributed by atoms with Crippen molar-refractivity contribution in [2.24, 2.45) is 0 Å². The summed E-state index contributed by atoms with van der Waals surface area (Å²) in [7, 11) is -4.06. The minimum Gasteiger partial charge on any atom is -0.489 e. The van der Waals surface area contributed by atoms with Gasteiger partial charge in [0.2, 0.25) is 10.0 Å². The first-order valence-electron chi connectivity index (χ1n) is 13.4. The van der Waals surface area contributed by atoms with Gasteiger partial charge in [0.05, 0.1) is 22.8 Å². The van der Waals surface area contributed by atoms with Crippen molar-refractivity contribution in [3.05, 3.63) is 120 Å². The van der Waals surface area contributed by atoms with Crippen LogP contribution in [0.15, 0.2) is 107 Å². The quantitative estimate of drug-likeness (QED) is 0.163. The van der Waals surface area contributed by atoms with Crippen LogP contribution in [0.5, 0.6) is 5.75 Å². The third-order valence-corrected chi connectivity index (χ3v) is 8.19. The van der Waals surface area contributed by atoms with E-state index in [9.17, 15) is 23.1 Å². The zero-order valence-corrected chi connectivity index (χ0v) is 23.8. The van der Waals surface area contributed by atoms with Crippen molar-refractivity contribution in [3.63, 3.8) is 0 Å². The number of nitrogens with one attached hydrogen (secondary N) is 2. The van der Waals surface area contributed by atoms with Crippen LogP contribution in [0, 0.1) is 5.41 Å². The predicted octanol–water partition coefficient (Wildman–Crippen LogP) is 5.16. The number of rotatable bonds is 15. The van der Waals surface area contributed by atoms with Crippen LogP contribution in [0.3, 0.4) is 0 Å². The zero-order chi connectivity index (χ0) is 30.1. The second-order valence-electron chi connectivity index (χ2n) is 9.78. The van der Waals surface area contributed by atoms with Crippen LogP contribution in [0.2, 0.25) is 0 Å². The molecule has 0 aliphatic carbocycles. The van der Waals surface area contributed by atoms with Crippen LogP contribution in [0.1, 0.15) is 41.7 Å². The minimum atomic E-state index is -4.06. The van der Waals surface area contributed by atoms with Gasteiger partial charge in [-0.05, 0) is 53.4 Å². The van der Waals surface area contributed by atoms with E-state index in [1.807, 2.05) is 61.5 Å². The highest BCUT2D eigenvalue weighted by atomic mass is 32.2. The Hall–Kier alpha value is -4.54. The second kappa shape index (κ2) is 13.9. The summed E-state index contributed by atoms with van der Waals surface area (Å²) in [6.45, 7) is 2.22. The van der Waals surface area contributed by atoms with Crippen molar-refractivity contribution in [1.29, 1.82) is 5.41 Å². The summed E-state index contributed by atoms with van der Waals surface area (Å²) < 4.78 is 38.9. The minimum absolute atomic E-state index is 0.0442. The number of hydrogen-bond donors (Lipinski definition) is 3. The third-order valence-electron chi connectivity index (χ3n) is 6.70. The topological polar surface area (TPSA) is 147 Å². The maximum Gasteiger partial charge on any atom is 0.322 e.